The molecule has 25 heavy (non-hydrogen) atoms. The Kier molecular flexibility index (Phi) is 4.29. The van der Waals surface area contributed by atoms with Gasteiger partial charge >= 0.3 is 11.4 Å². The number of ether oxygens (including phenoxy) is 1. The Morgan fingerprint density at radius 1 is 1.16 bits per heavy atom. The number of hydrogen-bond acceptors (Lipinski definition) is 7. The molecule has 0 radical (unpaired) electrons. The molecule has 11 heteroatoms. The molecule has 0 aromatic carbocycles. The molecule has 0 amide bonds. The van der Waals surface area contributed by atoms with Crippen LogP contribution in [0.25, 0.3) is 0 Å². The molecule has 3 heterocycles. The molecule has 2 aromatic rings. The van der Waals surface area contributed by atoms with Crippen LogP contribution in [0.5, 0.6) is 0 Å². The second kappa shape index (κ2) is 6.27. The van der Waals surface area contributed by atoms with Crippen LogP contribution in [0.1, 0.15) is 17.8 Å². The van der Waals surface area contributed by atoms with Crippen LogP contribution in [0.3, 0.4) is 0 Å². The molecule has 1 fully saturated rings. The van der Waals surface area contributed by atoms with E-state index in [0.717, 1.165) is 21.4 Å². The largest absolute Gasteiger partial charge is 0.394 e. The van der Waals surface area contributed by atoms with Gasteiger partial charge in [-0.25, -0.2) is 9.59 Å². The molecule has 0 unspecified atom stereocenters. The summed E-state index contributed by atoms with van der Waals surface area (Å²) in [5, 5.41) is 19.8. The van der Waals surface area contributed by atoms with Crippen molar-refractivity contribution in [2.75, 3.05) is 6.61 Å². The SMILES string of the molecule is Cc1cn([C@@H]2[C@H](O)[C@@H](CO)O[C@H]2n2ccc(=O)[nH]c2=O)c(=O)[nH]c1=O. The second-order valence-electron chi connectivity index (χ2n) is 5.72. The van der Waals surface area contributed by atoms with Gasteiger partial charge in [-0.05, 0) is 6.92 Å². The molecule has 0 saturated carbocycles. The van der Waals surface area contributed by atoms with Gasteiger partial charge in [0.2, 0.25) is 0 Å². The first-order valence-corrected chi connectivity index (χ1v) is 7.41. The number of rotatable bonds is 3. The molecule has 0 aliphatic carbocycles. The zero-order valence-electron chi connectivity index (χ0n) is 13.1. The van der Waals surface area contributed by atoms with E-state index >= 15 is 0 Å². The van der Waals surface area contributed by atoms with Crippen LogP contribution in [0.2, 0.25) is 0 Å². The number of aromatic nitrogens is 4. The molecule has 11 nitrogen and oxygen atoms in total. The van der Waals surface area contributed by atoms with Crippen LogP contribution in [-0.2, 0) is 4.74 Å². The summed E-state index contributed by atoms with van der Waals surface area (Å²) >= 11 is 0. The third kappa shape index (κ3) is 2.88. The maximum absolute atomic E-state index is 12.2. The summed E-state index contributed by atoms with van der Waals surface area (Å²) in [6, 6.07) is -0.0229. The zero-order chi connectivity index (χ0) is 18.3. The van der Waals surface area contributed by atoms with Gasteiger partial charge < -0.3 is 14.9 Å². The van der Waals surface area contributed by atoms with Crippen molar-refractivity contribution in [1.29, 1.82) is 0 Å². The zero-order valence-corrected chi connectivity index (χ0v) is 13.1. The molecular weight excluding hydrogens is 336 g/mol. The van der Waals surface area contributed by atoms with Crippen LogP contribution >= 0.6 is 0 Å². The predicted octanol–water partition coefficient (Wildman–Crippen LogP) is -2.81. The number of aliphatic hydroxyl groups is 2. The first-order valence-electron chi connectivity index (χ1n) is 7.41. The molecule has 1 saturated heterocycles. The van der Waals surface area contributed by atoms with Gasteiger partial charge in [-0.3, -0.25) is 28.7 Å². The lowest BCUT2D eigenvalue weighted by Gasteiger charge is -2.23. The van der Waals surface area contributed by atoms with Crippen molar-refractivity contribution in [2.24, 2.45) is 0 Å². The maximum atomic E-state index is 12.2. The Hall–Kier alpha value is -2.76. The fourth-order valence-electron chi connectivity index (χ4n) is 2.85. The van der Waals surface area contributed by atoms with Gasteiger partial charge in [-0.1, -0.05) is 0 Å². The number of aliphatic hydroxyl groups excluding tert-OH is 2. The quantitative estimate of drug-likeness (QED) is 0.464. The average molecular weight is 352 g/mol. The summed E-state index contributed by atoms with van der Waals surface area (Å²) in [5.74, 6) is 0. The van der Waals surface area contributed by atoms with Crippen molar-refractivity contribution in [3.63, 3.8) is 0 Å². The van der Waals surface area contributed by atoms with Crippen LogP contribution < -0.4 is 22.5 Å². The Balaban J connectivity index is 2.18. The van der Waals surface area contributed by atoms with E-state index < -0.39 is 53.6 Å². The first-order chi connectivity index (χ1) is 11.8. The van der Waals surface area contributed by atoms with Gasteiger partial charge in [0.15, 0.2) is 6.23 Å². The standard InChI is InChI=1S/C14H16N4O7/c1-6-4-18(14(24)16-11(6)22)9-10(21)7(5-19)25-12(9)17-3-2-8(20)15-13(17)23/h2-4,7,9-10,12,19,21H,5H2,1H3,(H,15,20,23)(H,16,22,24)/t7-,9-,10-,12-/m1/s1. The average Bonchev–Trinajstić information content (AvgIpc) is 2.87. The molecule has 3 rings (SSSR count). The van der Waals surface area contributed by atoms with Gasteiger partial charge in [-0.15, -0.1) is 0 Å². The fourth-order valence-corrected chi connectivity index (χ4v) is 2.85. The molecular formula is C14H16N4O7. The van der Waals surface area contributed by atoms with Crippen molar-refractivity contribution in [3.05, 3.63) is 65.7 Å². The molecule has 1 aliphatic rings. The Morgan fingerprint density at radius 2 is 1.84 bits per heavy atom. The van der Waals surface area contributed by atoms with E-state index in [0.29, 0.717) is 0 Å². The Morgan fingerprint density at radius 3 is 2.48 bits per heavy atom. The summed E-state index contributed by atoms with van der Waals surface area (Å²) < 4.78 is 7.55. The number of aromatic amines is 2. The number of nitrogens with zero attached hydrogens (tertiary/aromatic N) is 2. The van der Waals surface area contributed by atoms with Gasteiger partial charge in [0.05, 0.1) is 6.61 Å². The Bertz CT molecular complexity index is 1020. The molecule has 1 aliphatic heterocycles. The Labute approximate surface area is 138 Å². The first kappa shape index (κ1) is 17.1. The van der Waals surface area contributed by atoms with Crippen molar-refractivity contribution >= 4 is 0 Å². The van der Waals surface area contributed by atoms with E-state index in [9.17, 15) is 29.4 Å². The van der Waals surface area contributed by atoms with E-state index in [1.165, 1.54) is 13.1 Å². The minimum absolute atomic E-state index is 0.215. The fraction of sp³-hybridized carbons (Fsp3) is 0.429. The number of H-pyrrole nitrogens is 2. The lowest BCUT2D eigenvalue weighted by molar-refractivity contribution is -0.0478. The summed E-state index contributed by atoms with van der Waals surface area (Å²) in [4.78, 5) is 51.2. The second-order valence-corrected chi connectivity index (χ2v) is 5.72. The van der Waals surface area contributed by atoms with Crippen molar-refractivity contribution in [1.82, 2.24) is 19.1 Å². The summed E-state index contributed by atoms with van der Waals surface area (Å²) in [6.45, 7) is 0.922. The van der Waals surface area contributed by atoms with Crippen LogP contribution in [-0.4, -0.2) is 48.1 Å². The number of nitrogens with one attached hydrogen (secondary N) is 2. The summed E-state index contributed by atoms with van der Waals surface area (Å²) in [6.07, 6.45) is -1.18. The van der Waals surface area contributed by atoms with Gasteiger partial charge in [0.25, 0.3) is 11.1 Å². The minimum atomic E-state index is -1.34. The van der Waals surface area contributed by atoms with Crippen LogP contribution in [0.15, 0.2) is 37.6 Å². The van der Waals surface area contributed by atoms with Gasteiger partial charge in [-0.2, -0.15) is 0 Å². The lowest BCUT2D eigenvalue weighted by Crippen LogP contribution is -2.42. The smallest absolute Gasteiger partial charge is 0.330 e. The number of hydrogen-bond donors (Lipinski definition) is 4. The van der Waals surface area contributed by atoms with Gasteiger partial charge in [0.1, 0.15) is 18.2 Å². The third-order valence-corrected chi connectivity index (χ3v) is 4.11. The maximum Gasteiger partial charge on any atom is 0.330 e. The van der Waals surface area contributed by atoms with E-state index in [1.807, 2.05) is 0 Å². The van der Waals surface area contributed by atoms with Crippen molar-refractivity contribution < 1.29 is 14.9 Å². The van der Waals surface area contributed by atoms with E-state index in [2.05, 4.69) is 9.97 Å². The molecule has 134 valence electrons. The molecule has 2 aromatic heterocycles. The van der Waals surface area contributed by atoms with E-state index in [4.69, 9.17) is 4.74 Å². The highest BCUT2D eigenvalue weighted by Crippen LogP contribution is 2.36. The predicted molar refractivity (Wildman–Crippen MR) is 83.4 cm³/mol. The monoisotopic (exact) mass is 352 g/mol. The molecule has 4 N–H and O–H groups in total. The summed E-state index contributed by atoms with van der Waals surface area (Å²) in [5.41, 5.74) is -2.59. The highest BCUT2D eigenvalue weighted by molar-refractivity contribution is 5.05. The van der Waals surface area contributed by atoms with Gasteiger partial charge in [0, 0.05) is 24.0 Å². The lowest BCUT2D eigenvalue weighted by atomic mass is 10.1. The topological polar surface area (TPSA) is 159 Å². The van der Waals surface area contributed by atoms with Crippen molar-refractivity contribution in [2.45, 2.75) is 31.4 Å². The minimum Gasteiger partial charge on any atom is -0.394 e. The third-order valence-electron chi connectivity index (χ3n) is 4.11. The normalized spacial score (nSPS) is 26.0. The van der Waals surface area contributed by atoms with Crippen LogP contribution in [0.4, 0.5) is 0 Å². The van der Waals surface area contributed by atoms with E-state index in [1.54, 1.807) is 0 Å². The molecule has 4 atom stereocenters. The highest BCUT2D eigenvalue weighted by Gasteiger charge is 2.46. The molecule has 0 bridgehead atoms. The summed E-state index contributed by atoms with van der Waals surface area (Å²) in [7, 11) is 0. The molecule has 0 spiro atoms. The highest BCUT2D eigenvalue weighted by atomic mass is 16.5. The van der Waals surface area contributed by atoms with Crippen LogP contribution in [0, 0.1) is 6.92 Å². The number of aryl methyl sites for hydroxylation is 1. The van der Waals surface area contributed by atoms with Crippen molar-refractivity contribution in [3.8, 4) is 0 Å². The van der Waals surface area contributed by atoms with E-state index in [-0.39, 0.29) is 5.56 Å².